The van der Waals surface area contributed by atoms with Crippen LogP contribution in [0, 0.1) is 13.8 Å². The summed E-state index contributed by atoms with van der Waals surface area (Å²) in [7, 11) is 0. The maximum Gasteiger partial charge on any atom is 0.263 e. The molecule has 0 aliphatic carbocycles. The Hall–Kier alpha value is -1.59. The van der Waals surface area contributed by atoms with Crippen LogP contribution in [0.3, 0.4) is 0 Å². The molecule has 3 nitrogen and oxygen atoms in total. The van der Waals surface area contributed by atoms with E-state index in [9.17, 15) is 4.79 Å². The van der Waals surface area contributed by atoms with E-state index in [0.717, 1.165) is 33.1 Å². The largest absolute Gasteiger partial charge is 0.287 e. The van der Waals surface area contributed by atoms with E-state index in [1.807, 2.05) is 19.9 Å². The SMILES string of the molecule is CCn1c(SCCc2ccccc2)nc2sc(C)c(C)c2c1=O. The summed E-state index contributed by atoms with van der Waals surface area (Å²) in [5.74, 6) is 0.922. The summed E-state index contributed by atoms with van der Waals surface area (Å²) < 4.78 is 1.80. The molecular weight excluding hydrogens is 324 g/mol. The molecule has 3 aromatic rings. The van der Waals surface area contributed by atoms with Gasteiger partial charge < -0.3 is 0 Å². The van der Waals surface area contributed by atoms with Crippen molar-refractivity contribution in [2.45, 2.75) is 38.9 Å². The highest BCUT2D eigenvalue weighted by molar-refractivity contribution is 7.99. The number of hydrogen-bond donors (Lipinski definition) is 0. The molecule has 0 atom stereocenters. The van der Waals surface area contributed by atoms with Gasteiger partial charge >= 0.3 is 0 Å². The van der Waals surface area contributed by atoms with Crippen molar-refractivity contribution < 1.29 is 0 Å². The van der Waals surface area contributed by atoms with E-state index in [-0.39, 0.29) is 5.56 Å². The first-order valence-corrected chi connectivity index (χ1v) is 9.59. The lowest BCUT2D eigenvalue weighted by Crippen LogP contribution is -2.22. The first kappa shape index (κ1) is 16.3. The Morgan fingerprint density at radius 2 is 1.96 bits per heavy atom. The van der Waals surface area contributed by atoms with Crippen LogP contribution < -0.4 is 5.56 Å². The van der Waals surface area contributed by atoms with E-state index in [4.69, 9.17) is 4.98 Å². The van der Waals surface area contributed by atoms with Crippen molar-refractivity contribution in [1.82, 2.24) is 9.55 Å². The second-order valence-corrected chi connectivity index (χ2v) is 7.76. The molecule has 0 aliphatic heterocycles. The van der Waals surface area contributed by atoms with E-state index in [2.05, 4.69) is 31.2 Å². The number of benzene rings is 1. The molecule has 0 fully saturated rings. The van der Waals surface area contributed by atoms with Crippen LogP contribution in [0.1, 0.15) is 22.9 Å². The third-order valence-corrected chi connectivity index (χ3v) is 6.11. The number of aromatic nitrogens is 2. The number of thiophene rings is 1. The summed E-state index contributed by atoms with van der Waals surface area (Å²) in [4.78, 5) is 19.6. The summed E-state index contributed by atoms with van der Waals surface area (Å²) in [6.07, 6.45) is 0.978. The predicted molar refractivity (Wildman–Crippen MR) is 99.9 cm³/mol. The molecule has 0 bridgehead atoms. The Labute approximate surface area is 144 Å². The highest BCUT2D eigenvalue weighted by Crippen LogP contribution is 2.28. The first-order valence-electron chi connectivity index (χ1n) is 7.79. The molecule has 0 saturated carbocycles. The van der Waals surface area contributed by atoms with E-state index < -0.39 is 0 Å². The van der Waals surface area contributed by atoms with Crippen molar-refractivity contribution in [3.63, 3.8) is 0 Å². The lowest BCUT2D eigenvalue weighted by atomic mass is 10.2. The highest BCUT2D eigenvalue weighted by atomic mass is 32.2. The van der Waals surface area contributed by atoms with Crippen LogP contribution in [0.25, 0.3) is 10.2 Å². The number of fused-ring (bicyclic) bond motifs is 1. The minimum Gasteiger partial charge on any atom is -0.287 e. The molecule has 2 aromatic heterocycles. The number of nitrogens with zero attached hydrogens (tertiary/aromatic N) is 2. The van der Waals surface area contributed by atoms with Gasteiger partial charge in [-0.1, -0.05) is 42.1 Å². The van der Waals surface area contributed by atoms with Crippen LogP contribution in [-0.2, 0) is 13.0 Å². The van der Waals surface area contributed by atoms with Gasteiger partial charge in [-0.25, -0.2) is 4.98 Å². The average Bonchev–Trinajstić information content (AvgIpc) is 2.83. The van der Waals surface area contributed by atoms with Gasteiger partial charge in [0, 0.05) is 17.2 Å². The number of thioether (sulfide) groups is 1. The molecule has 0 amide bonds. The molecule has 0 radical (unpaired) electrons. The minimum absolute atomic E-state index is 0.0987. The summed E-state index contributed by atoms with van der Waals surface area (Å²) in [6.45, 7) is 6.73. The van der Waals surface area contributed by atoms with Gasteiger partial charge in [0.1, 0.15) is 4.83 Å². The van der Waals surface area contributed by atoms with Gasteiger partial charge in [0.05, 0.1) is 5.39 Å². The molecule has 0 aliphatic rings. The molecule has 0 spiro atoms. The topological polar surface area (TPSA) is 34.9 Å². The van der Waals surface area contributed by atoms with Gasteiger partial charge in [-0.3, -0.25) is 9.36 Å². The zero-order valence-electron chi connectivity index (χ0n) is 13.6. The van der Waals surface area contributed by atoms with Crippen molar-refractivity contribution in [2.24, 2.45) is 0 Å². The summed E-state index contributed by atoms with van der Waals surface area (Å²) in [6, 6.07) is 10.4. The number of rotatable bonds is 5. The van der Waals surface area contributed by atoms with Crippen LogP contribution in [0.4, 0.5) is 0 Å². The Bertz CT molecular complexity index is 881. The lowest BCUT2D eigenvalue weighted by Gasteiger charge is -2.10. The second-order valence-electron chi connectivity index (χ2n) is 5.49. The monoisotopic (exact) mass is 344 g/mol. The fourth-order valence-electron chi connectivity index (χ4n) is 2.60. The molecule has 0 N–H and O–H groups in total. The van der Waals surface area contributed by atoms with Gasteiger partial charge in [-0.2, -0.15) is 0 Å². The number of hydrogen-bond acceptors (Lipinski definition) is 4. The van der Waals surface area contributed by atoms with Gasteiger partial charge in [0.15, 0.2) is 5.16 Å². The van der Waals surface area contributed by atoms with Gasteiger partial charge in [0.2, 0.25) is 0 Å². The third-order valence-electron chi connectivity index (χ3n) is 4.03. The zero-order chi connectivity index (χ0) is 16.4. The normalized spacial score (nSPS) is 11.3. The second kappa shape index (κ2) is 6.89. The Balaban J connectivity index is 1.89. The fraction of sp³-hybridized carbons (Fsp3) is 0.333. The van der Waals surface area contributed by atoms with Crippen LogP contribution in [0.15, 0.2) is 40.3 Å². The quantitative estimate of drug-likeness (QED) is 0.507. The van der Waals surface area contributed by atoms with E-state index in [1.165, 1.54) is 10.4 Å². The predicted octanol–water partition coefficient (Wildman–Crippen LogP) is 4.43. The van der Waals surface area contributed by atoms with Crippen LogP contribution in [0.5, 0.6) is 0 Å². The average molecular weight is 345 g/mol. The molecule has 0 unspecified atom stereocenters. The smallest absolute Gasteiger partial charge is 0.263 e. The molecule has 120 valence electrons. The third kappa shape index (κ3) is 3.21. The molecular formula is C18H20N2OS2. The summed E-state index contributed by atoms with van der Waals surface area (Å²) in [5.41, 5.74) is 2.49. The Kier molecular flexibility index (Phi) is 4.87. The molecule has 3 rings (SSSR count). The van der Waals surface area contributed by atoms with Crippen LogP contribution >= 0.6 is 23.1 Å². The van der Waals surface area contributed by atoms with Crippen LogP contribution in [-0.4, -0.2) is 15.3 Å². The van der Waals surface area contributed by atoms with E-state index >= 15 is 0 Å². The van der Waals surface area contributed by atoms with Gasteiger partial charge in [-0.15, -0.1) is 11.3 Å². The van der Waals surface area contributed by atoms with Crippen LogP contribution in [0.2, 0.25) is 0 Å². The first-order chi connectivity index (χ1) is 11.1. The molecule has 1 aromatic carbocycles. The Morgan fingerprint density at radius 1 is 1.22 bits per heavy atom. The maximum atomic E-state index is 12.8. The van der Waals surface area contributed by atoms with Crippen molar-refractivity contribution >= 4 is 33.3 Å². The van der Waals surface area contributed by atoms with Crippen molar-refractivity contribution in [3.05, 3.63) is 56.7 Å². The molecule has 0 saturated heterocycles. The molecule has 23 heavy (non-hydrogen) atoms. The highest BCUT2D eigenvalue weighted by Gasteiger charge is 2.15. The summed E-state index contributed by atoms with van der Waals surface area (Å²) >= 11 is 3.29. The van der Waals surface area contributed by atoms with Crippen molar-refractivity contribution in [3.8, 4) is 0 Å². The van der Waals surface area contributed by atoms with Crippen molar-refractivity contribution in [1.29, 1.82) is 0 Å². The van der Waals surface area contributed by atoms with Gasteiger partial charge in [-0.05, 0) is 38.3 Å². The molecule has 5 heteroatoms. The number of aryl methyl sites for hydroxylation is 3. The molecule has 2 heterocycles. The fourth-order valence-corrected chi connectivity index (χ4v) is 4.72. The van der Waals surface area contributed by atoms with Crippen molar-refractivity contribution in [2.75, 3.05) is 5.75 Å². The summed E-state index contributed by atoms with van der Waals surface area (Å²) in [5, 5.41) is 1.63. The maximum absolute atomic E-state index is 12.8. The Morgan fingerprint density at radius 3 is 2.65 bits per heavy atom. The standard InChI is InChI=1S/C18H20N2OS2/c1-4-20-17(21)15-12(2)13(3)23-16(15)19-18(20)22-11-10-14-8-6-5-7-9-14/h5-9H,4,10-11H2,1-3H3. The van der Waals surface area contributed by atoms with E-state index in [0.29, 0.717) is 6.54 Å². The zero-order valence-corrected chi connectivity index (χ0v) is 15.3. The lowest BCUT2D eigenvalue weighted by molar-refractivity contribution is 0.635. The minimum atomic E-state index is 0.0987. The van der Waals surface area contributed by atoms with Gasteiger partial charge in [0.25, 0.3) is 5.56 Å². The van der Waals surface area contributed by atoms with E-state index in [1.54, 1.807) is 27.7 Å².